The van der Waals surface area contributed by atoms with Gasteiger partial charge in [-0.25, -0.2) is 0 Å². The molecule has 0 saturated carbocycles. The van der Waals surface area contributed by atoms with Gasteiger partial charge in [0.2, 0.25) is 5.91 Å². The summed E-state index contributed by atoms with van der Waals surface area (Å²) in [4.78, 5) is 11.5. The Balaban J connectivity index is 2.14. The fourth-order valence-corrected chi connectivity index (χ4v) is 2.51. The van der Waals surface area contributed by atoms with Gasteiger partial charge in [0.1, 0.15) is 0 Å². The van der Waals surface area contributed by atoms with Crippen LogP contribution in [0.3, 0.4) is 0 Å². The van der Waals surface area contributed by atoms with Crippen LogP contribution in [0.2, 0.25) is 0 Å². The van der Waals surface area contributed by atoms with Crippen molar-refractivity contribution in [3.8, 4) is 0 Å². The third-order valence-electron chi connectivity index (χ3n) is 3.36. The minimum absolute atomic E-state index is 0.130. The normalized spacial score (nSPS) is 16.6. The van der Waals surface area contributed by atoms with Gasteiger partial charge in [0.15, 0.2) is 0 Å². The molecule has 1 atom stereocenters. The molecule has 1 aliphatic rings. The molecule has 1 aliphatic carbocycles. The molecule has 0 radical (unpaired) electrons. The van der Waals surface area contributed by atoms with Crippen molar-refractivity contribution >= 4 is 12.0 Å². The summed E-state index contributed by atoms with van der Waals surface area (Å²) in [5.74, 6) is -0.242. The molecule has 2 nitrogen and oxygen atoms in total. The van der Waals surface area contributed by atoms with E-state index in [0.717, 1.165) is 5.56 Å². The van der Waals surface area contributed by atoms with Crippen LogP contribution >= 0.6 is 0 Å². The predicted molar refractivity (Wildman–Crippen MR) is 72.3 cm³/mol. The molecule has 2 aromatic rings. The number of rotatable bonds is 2. The zero-order valence-electron chi connectivity index (χ0n) is 9.84. The third kappa shape index (κ3) is 1.63. The summed E-state index contributed by atoms with van der Waals surface area (Å²) in [6.07, 6.45) is 4.21. The first-order valence-corrected chi connectivity index (χ1v) is 5.93. The van der Waals surface area contributed by atoms with E-state index in [-0.39, 0.29) is 11.8 Å². The van der Waals surface area contributed by atoms with E-state index in [0.29, 0.717) is 5.56 Å². The standard InChI is InChI=1S/C16H13NO/c17-16(18)15-8-4-3-7-13(15)14-10-9-11-5-1-2-6-12(11)14/h1-10,14H,(H2,17,18). The number of nitrogens with two attached hydrogens (primary N) is 1. The van der Waals surface area contributed by atoms with Gasteiger partial charge in [0.05, 0.1) is 0 Å². The van der Waals surface area contributed by atoms with Crippen LogP contribution in [0.25, 0.3) is 6.08 Å². The van der Waals surface area contributed by atoms with Crippen LogP contribution < -0.4 is 5.73 Å². The molecule has 2 N–H and O–H groups in total. The maximum Gasteiger partial charge on any atom is 0.249 e. The topological polar surface area (TPSA) is 43.1 Å². The monoisotopic (exact) mass is 235 g/mol. The number of carbonyl (C=O) groups is 1. The number of allylic oxidation sites excluding steroid dienone is 1. The van der Waals surface area contributed by atoms with E-state index in [1.807, 2.05) is 30.3 Å². The van der Waals surface area contributed by atoms with Gasteiger partial charge >= 0.3 is 0 Å². The third-order valence-corrected chi connectivity index (χ3v) is 3.36. The van der Waals surface area contributed by atoms with Crippen molar-refractivity contribution in [2.75, 3.05) is 0 Å². The summed E-state index contributed by atoms with van der Waals surface area (Å²) in [7, 11) is 0. The number of amides is 1. The van der Waals surface area contributed by atoms with E-state index in [9.17, 15) is 4.79 Å². The van der Waals surface area contributed by atoms with Crippen molar-refractivity contribution in [2.45, 2.75) is 5.92 Å². The Bertz CT molecular complexity index is 643. The molecule has 18 heavy (non-hydrogen) atoms. The zero-order valence-corrected chi connectivity index (χ0v) is 9.84. The average Bonchev–Trinajstić information content (AvgIpc) is 2.82. The molecule has 1 amide bonds. The van der Waals surface area contributed by atoms with E-state index in [1.165, 1.54) is 11.1 Å². The second-order valence-electron chi connectivity index (χ2n) is 4.42. The van der Waals surface area contributed by atoms with Gasteiger partial charge < -0.3 is 5.73 Å². The average molecular weight is 235 g/mol. The van der Waals surface area contributed by atoms with Crippen molar-refractivity contribution in [1.82, 2.24) is 0 Å². The summed E-state index contributed by atoms with van der Waals surface area (Å²) in [6.45, 7) is 0. The van der Waals surface area contributed by atoms with E-state index in [4.69, 9.17) is 5.73 Å². The maximum atomic E-state index is 11.5. The van der Waals surface area contributed by atoms with Crippen LogP contribution in [0.1, 0.15) is 33.0 Å². The SMILES string of the molecule is NC(=O)c1ccccc1C1C=Cc2ccccc21. The van der Waals surface area contributed by atoms with Crippen LogP contribution in [0.4, 0.5) is 0 Å². The van der Waals surface area contributed by atoms with Crippen LogP contribution in [0.15, 0.2) is 54.6 Å². The number of carbonyl (C=O) groups excluding carboxylic acids is 1. The zero-order chi connectivity index (χ0) is 12.5. The number of fused-ring (bicyclic) bond motifs is 1. The van der Waals surface area contributed by atoms with E-state index < -0.39 is 0 Å². The molecule has 0 fully saturated rings. The fraction of sp³-hybridized carbons (Fsp3) is 0.0625. The lowest BCUT2D eigenvalue weighted by molar-refractivity contribution is 0.0999. The van der Waals surface area contributed by atoms with E-state index in [1.54, 1.807) is 6.07 Å². The first kappa shape index (κ1) is 10.8. The van der Waals surface area contributed by atoms with Gasteiger partial charge in [-0.05, 0) is 22.8 Å². The molecule has 2 aromatic carbocycles. The Labute approximate surface area is 106 Å². The molecular formula is C16H13NO. The van der Waals surface area contributed by atoms with Crippen molar-refractivity contribution < 1.29 is 4.79 Å². The second kappa shape index (κ2) is 4.15. The van der Waals surface area contributed by atoms with Crippen molar-refractivity contribution in [3.63, 3.8) is 0 Å². The second-order valence-corrected chi connectivity index (χ2v) is 4.42. The highest BCUT2D eigenvalue weighted by molar-refractivity contribution is 5.95. The van der Waals surface area contributed by atoms with Crippen LogP contribution in [0.5, 0.6) is 0 Å². The van der Waals surface area contributed by atoms with Crippen molar-refractivity contribution in [1.29, 1.82) is 0 Å². The van der Waals surface area contributed by atoms with Crippen molar-refractivity contribution in [3.05, 3.63) is 76.9 Å². The Morgan fingerprint density at radius 2 is 1.61 bits per heavy atom. The number of hydrogen-bond acceptors (Lipinski definition) is 1. The van der Waals surface area contributed by atoms with Gasteiger partial charge in [-0.3, -0.25) is 4.79 Å². The summed E-state index contributed by atoms with van der Waals surface area (Å²) < 4.78 is 0. The minimum atomic E-state index is -0.372. The first-order chi connectivity index (χ1) is 8.77. The molecule has 0 bridgehead atoms. The van der Waals surface area contributed by atoms with Gasteiger partial charge in [-0.2, -0.15) is 0 Å². The van der Waals surface area contributed by atoms with E-state index in [2.05, 4.69) is 24.3 Å². The number of hydrogen-bond donors (Lipinski definition) is 1. The highest BCUT2D eigenvalue weighted by Crippen LogP contribution is 2.36. The summed E-state index contributed by atoms with van der Waals surface area (Å²) in [5.41, 5.74) is 9.46. The molecule has 1 unspecified atom stereocenters. The minimum Gasteiger partial charge on any atom is -0.366 e. The van der Waals surface area contributed by atoms with Gasteiger partial charge in [0, 0.05) is 11.5 Å². The molecule has 0 heterocycles. The van der Waals surface area contributed by atoms with Gasteiger partial charge in [0.25, 0.3) is 0 Å². The molecule has 2 heteroatoms. The molecule has 0 spiro atoms. The fourth-order valence-electron chi connectivity index (χ4n) is 2.51. The Hall–Kier alpha value is -2.35. The maximum absolute atomic E-state index is 11.5. The highest BCUT2D eigenvalue weighted by atomic mass is 16.1. The van der Waals surface area contributed by atoms with Gasteiger partial charge in [-0.15, -0.1) is 0 Å². The Kier molecular flexibility index (Phi) is 2.49. The predicted octanol–water partition coefficient (Wildman–Crippen LogP) is 2.94. The molecular weight excluding hydrogens is 222 g/mol. The highest BCUT2D eigenvalue weighted by Gasteiger charge is 2.22. The Morgan fingerprint density at radius 1 is 0.944 bits per heavy atom. The largest absolute Gasteiger partial charge is 0.366 e. The number of benzene rings is 2. The summed E-state index contributed by atoms with van der Waals surface area (Å²) >= 11 is 0. The lowest BCUT2D eigenvalue weighted by Crippen LogP contribution is -2.15. The van der Waals surface area contributed by atoms with Crippen molar-refractivity contribution in [2.24, 2.45) is 5.73 Å². The lowest BCUT2D eigenvalue weighted by atomic mass is 9.89. The molecule has 88 valence electrons. The smallest absolute Gasteiger partial charge is 0.249 e. The van der Waals surface area contributed by atoms with E-state index >= 15 is 0 Å². The molecule has 3 rings (SSSR count). The van der Waals surface area contributed by atoms with Crippen LogP contribution in [-0.4, -0.2) is 5.91 Å². The molecule has 0 aromatic heterocycles. The molecule has 0 saturated heterocycles. The van der Waals surface area contributed by atoms with Gasteiger partial charge in [-0.1, -0.05) is 54.6 Å². The van der Waals surface area contributed by atoms with Crippen LogP contribution in [-0.2, 0) is 0 Å². The quantitative estimate of drug-likeness (QED) is 0.854. The Morgan fingerprint density at radius 3 is 2.39 bits per heavy atom. The lowest BCUT2D eigenvalue weighted by Gasteiger charge is -2.14. The molecule has 0 aliphatic heterocycles. The van der Waals surface area contributed by atoms with Crippen LogP contribution in [0, 0.1) is 0 Å². The summed E-state index contributed by atoms with van der Waals surface area (Å²) in [6, 6.07) is 15.8. The summed E-state index contributed by atoms with van der Waals surface area (Å²) in [5, 5.41) is 0. The first-order valence-electron chi connectivity index (χ1n) is 5.93. The number of primary amides is 1.